The Bertz CT molecular complexity index is 1340. The molecule has 2 heterocycles. The minimum absolute atomic E-state index is 0.234. The number of hydroxylamine groups is 2. The highest BCUT2D eigenvalue weighted by molar-refractivity contribution is 7.18. The lowest BCUT2D eigenvalue weighted by molar-refractivity contribution is -0.156. The first-order valence-electron chi connectivity index (χ1n) is 12.4. The third-order valence-corrected chi connectivity index (χ3v) is 7.97. The van der Waals surface area contributed by atoms with Crippen LogP contribution in [0.25, 0.3) is 10.2 Å². The highest BCUT2D eigenvalue weighted by atomic mass is 32.1. The molecule has 0 saturated heterocycles. The van der Waals surface area contributed by atoms with Gasteiger partial charge in [-0.3, -0.25) is 14.4 Å². The van der Waals surface area contributed by atoms with Crippen molar-refractivity contribution in [2.45, 2.75) is 44.8 Å². The average molecular weight is 499 g/mol. The second-order valence-electron chi connectivity index (χ2n) is 9.31. The summed E-state index contributed by atoms with van der Waals surface area (Å²) in [5.41, 5.74) is 2.70. The van der Waals surface area contributed by atoms with E-state index in [1.54, 1.807) is 35.6 Å². The Morgan fingerprint density at radius 2 is 1.53 bits per heavy atom. The number of aromatic nitrogens is 1. The fourth-order valence-electron chi connectivity index (χ4n) is 5.11. The van der Waals surface area contributed by atoms with Gasteiger partial charge in [-0.15, -0.1) is 16.4 Å². The Morgan fingerprint density at radius 3 is 2.22 bits per heavy atom. The molecule has 7 heteroatoms. The Morgan fingerprint density at radius 1 is 0.861 bits per heavy atom. The summed E-state index contributed by atoms with van der Waals surface area (Å²) < 4.78 is 7.15. The Labute approximate surface area is 213 Å². The first kappa shape index (κ1) is 22.9. The van der Waals surface area contributed by atoms with Crippen LogP contribution in [-0.4, -0.2) is 21.9 Å². The van der Waals surface area contributed by atoms with E-state index in [0.29, 0.717) is 17.7 Å². The van der Waals surface area contributed by atoms with Crippen LogP contribution in [0.5, 0.6) is 5.75 Å². The van der Waals surface area contributed by atoms with Gasteiger partial charge in [-0.25, -0.2) is 4.98 Å². The fourth-order valence-corrected chi connectivity index (χ4v) is 5.99. The van der Waals surface area contributed by atoms with Crippen molar-refractivity contribution in [1.82, 2.24) is 10.0 Å². The SMILES string of the molecule is O=C1c2ccccc2C(=O)N1OC(c1ccc(OCc2nc3ccccc3s2)cc1)C1CCCCC1. The highest BCUT2D eigenvalue weighted by Crippen LogP contribution is 2.39. The molecule has 36 heavy (non-hydrogen) atoms. The molecule has 1 unspecified atom stereocenters. The third-order valence-electron chi connectivity index (χ3n) is 6.96. The van der Waals surface area contributed by atoms with Gasteiger partial charge in [-0.1, -0.05) is 55.7 Å². The highest BCUT2D eigenvalue weighted by Gasteiger charge is 2.40. The summed E-state index contributed by atoms with van der Waals surface area (Å²) in [5.74, 6) is 0.179. The van der Waals surface area contributed by atoms with E-state index in [2.05, 4.69) is 11.1 Å². The minimum Gasteiger partial charge on any atom is -0.486 e. The molecule has 1 atom stereocenters. The van der Waals surface area contributed by atoms with Gasteiger partial charge in [0.25, 0.3) is 11.8 Å². The number of carbonyl (C=O) groups excluding carboxylic acids is 2. The lowest BCUT2D eigenvalue weighted by Gasteiger charge is -2.32. The number of para-hydroxylation sites is 1. The largest absolute Gasteiger partial charge is 0.486 e. The molecule has 1 aliphatic carbocycles. The lowest BCUT2D eigenvalue weighted by atomic mass is 9.82. The quantitative estimate of drug-likeness (QED) is 0.265. The fraction of sp³-hybridized carbons (Fsp3) is 0.276. The first-order chi connectivity index (χ1) is 17.7. The molecular formula is C29H26N2O4S. The maximum Gasteiger partial charge on any atom is 0.285 e. The molecule has 0 spiro atoms. The van der Waals surface area contributed by atoms with E-state index < -0.39 is 11.8 Å². The van der Waals surface area contributed by atoms with Gasteiger partial charge in [-0.2, -0.15) is 0 Å². The number of hydrogen-bond acceptors (Lipinski definition) is 6. The number of amides is 2. The zero-order valence-corrected chi connectivity index (χ0v) is 20.6. The van der Waals surface area contributed by atoms with Crippen LogP contribution in [0, 0.1) is 5.92 Å². The van der Waals surface area contributed by atoms with Crippen LogP contribution in [-0.2, 0) is 11.4 Å². The standard InChI is InChI=1S/C29H26N2O4S/c32-28-22-10-4-5-11-23(22)29(33)31(28)35-27(19-8-2-1-3-9-19)20-14-16-21(17-15-20)34-18-26-30-24-12-6-7-13-25(24)36-26/h4-7,10-17,19,27H,1-3,8-9,18H2. The molecule has 182 valence electrons. The molecule has 2 aliphatic rings. The summed E-state index contributed by atoms with van der Waals surface area (Å²) in [6, 6.07) is 22.7. The van der Waals surface area contributed by atoms with E-state index in [-0.39, 0.29) is 12.0 Å². The van der Waals surface area contributed by atoms with E-state index >= 15 is 0 Å². The predicted octanol–water partition coefficient (Wildman–Crippen LogP) is 6.72. The van der Waals surface area contributed by atoms with Gasteiger partial charge in [0.2, 0.25) is 0 Å². The molecule has 0 N–H and O–H groups in total. The third kappa shape index (κ3) is 4.40. The number of carbonyl (C=O) groups is 2. The van der Waals surface area contributed by atoms with Crippen LogP contribution < -0.4 is 4.74 Å². The van der Waals surface area contributed by atoms with Crippen molar-refractivity contribution in [3.8, 4) is 5.75 Å². The first-order valence-corrected chi connectivity index (χ1v) is 13.2. The number of rotatable bonds is 7. The van der Waals surface area contributed by atoms with Gasteiger partial charge in [0, 0.05) is 0 Å². The Hall–Kier alpha value is -3.55. The predicted molar refractivity (Wildman–Crippen MR) is 138 cm³/mol. The molecule has 3 aromatic carbocycles. The molecule has 1 fully saturated rings. The van der Waals surface area contributed by atoms with Crippen molar-refractivity contribution in [3.63, 3.8) is 0 Å². The summed E-state index contributed by atoms with van der Waals surface area (Å²) >= 11 is 1.63. The summed E-state index contributed by atoms with van der Waals surface area (Å²) in [6.07, 6.45) is 5.07. The van der Waals surface area contributed by atoms with E-state index in [1.165, 1.54) is 6.42 Å². The van der Waals surface area contributed by atoms with Gasteiger partial charge >= 0.3 is 0 Å². The van der Waals surface area contributed by atoms with Crippen molar-refractivity contribution in [3.05, 3.63) is 94.5 Å². The van der Waals surface area contributed by atoms with E-state index in [9.17, 15) is 9.59 Å². The van der Waals surface area contributed by atoms with Crippen LogP contribution in [0.3, 0.4) is 0 Å². The Balaban J connectivity index is 1.19. The lowest BCUT2D eigenvalue weighted by Crippen LogP contribution is -2.34. The molecule has 4 aromatic rings. The van der Waals surface area contributed by atoms with Crippen molar-refractivity contribution in [2.75, 3.05) is 0 Å². The van der Waals surface area contributed by atoms with Gasteiger partial charge in [-0.05, 0) is 60.7 Å². The summed E-state index contributed by atoms with van der Waals surface area (Å²) in [5, 5.41) is 1.89. The van der Waals surface area contributed by atoms with E-state index in [0.717, 1.165) is 57.3 Å². The smallest absolute Gasteiger partial charge is 0.285 e. The maximum atomic E-state index is 13.0. The van der Waals surface area contributed by atoms with Crippen molar-refractivity contribution in [2.24, 2.45) is 5.92 Å². The second kappa shape index (κ2) is 9.84. The summed E-state index contributed by atoms with van der Waals surface area (Å²) in [4.78, 5) is 36.8. The van der Waals surface area contributed by atoms with E-state index in [1.807, 2.05) is 42.5 Å². The molecule has 2 amide bonds. The zero-order chi connectivity index (χ0) is 24.5. The minimum atomic E-state index is -0.396. The van der Waals surface area contributed by atoms with Crippen molar-refractivity contribution < 1.29 is 19.2 Å². The number of fused-ring (bicyclic) bond motifs is 2. The molecule has 0 bridgehead atoms. The van der Waals surface area contributed by atoms with Crippen LogP contribution >= 0.6 is 11.3 Å². The normalized spacial score (nSPS) is 16.9. The summed E-state index contributed by atoms with van der Waals surface area (Å²) in [7, 11) is 0. The molecule has 1 aliphatic heterocycles. The zero-order valence-electron chi connectivity index (χ0n) is 19.8. The monoisotopic (exact) mass is 498 g/mol. The Kier molecular flexibility index (Phi) is 6.25. The number of ether oxygens (including phenoxy) is 1. The molecule has 6 rings (SSSR count). The summed E-state index contributed by atoms with van der Waals surface area (Å²) in [6.45, 7) is 0.399. The average Bonchev–Trinajstić information content (AvgIpc) is 3.45. The number of thiazole rings is 1. The van der Waals surface area contributed by atoms with Gasteiger partial charge in [0.05, 0.1) is 21.3 Å². The molecule has 0 radical (unpaired) electrons. The number of benzene rings is 3. The molecule has 6 nitrogen and oxygen atoms in total. The van der Waals surface area contributed by atoms with Gasteiger partial charge in [0.1, 0.15) is 23.5 Å². The number of hydrogen-bond donors (Lipinski definition) is 0. The topological polar surface area (TPSA) is 68.7 Å². The van der Waals surface area contributed by atoms with Crippen molar-refractivity contribution >= 4 is 33.4 Å². The van der Waals surface area contributed by atoms with Crippen LogP contribution in [0.4, 0.5) is 0 Å². The number of imide groups is 1. The molecular weight excluding hydrogens is 472 g/mol. The van der Waals surface area contributed by atoms with Crippen LogP contribution in [0.15, 0.2) is 72.8 Å². The second-order valence-corrected chi connectivity index (χ2v) is 10.4. The van der Waals surface area contributed by atoms with Gasteiger partial charge < -0.3 is 4.74 Å². The van der Waals surface area contributed by atoms with Gasteiger partial charge in [0.15, 0.2) is 0 Å². The van der Waals surface area contributed by atoms with E-state index in [4.69, 9.17) is 9.57 Å². The van der Waals surface area contributed by atoms with Crippen LogP contribution in [0.1, 0.15) is 69.5 Å². The van der Waals surface area contributed by atoms with Crippen molar-refractivity contribution in [1.29, 1.82) is 0 Å². The van der Waals surface area contributed by atoms with Crippen LogP contribution in [0.2, 0.25) is 0 Å². The molecule has 1 aromatic heterocycles. The maximum absolute atomic E-state index is 13.0. The number of nitrogens with zero attached hydrogens (tertiary/aromatic N) is 2. The molecule has 1 saturated carbocycles.